The predicted molar refractivity (Wildman–Crippen MR) is 82.1 cm³/mol. The van der Waals surface area contributed by atoms with Gasteiger partial charge in [-0.1, -0.05) is 6.08 Å². The summed E-state index contributed by atoms with van der Waals surface area (Å²) in [6.07, 6.45) is 7.19. The van der Waals surface area contributed by atoms with E-state index in [2.05, 4.69) is 23.1 Å². The summed E-state index contributed by atoms with van der Waals surface area (Å²) >= 11 is 0. The Morgan fingerprint density at radius 1 is 1.57 bits per heavy atom. The van der Waals surface area contributed by atoms with E-state index in [1.807, 2.05) is 37.9 Å². The number of hydrogen-bond acceptors (Lipinski definition) is 3. The van der Waals surface area contributed by atoms with Crippen molar-refractivity contribution >= 4 is 6.09 Å². The van der Waals surface area contributed by atoms with Crippen LogP contribution in [0.25, 0.3) is 0 Å². The largest absolute Gasteiger partial charge is 0.444 e. The minimum absolute atomic E-state index is 0.0322. The van der Waals surface area contributed by atoms with Crippen LogP contribution in [0.4, 0.5) is 4.79 Å². The van der Waals surface area contributed by atoms with Crippen LogP contribution in [-0.4, -0.2) is 32.7 Å². The van der Waals surface area contributed by atoms with Gasteiger partial charge in [-0.15, -0.1) is 6.58 Å². The number of carbonyl (C=O) groups is 1. The van der Waals surface area contributed by atoms with Gasteiger partial charge in [-0.3, -0.25) is 4.90 Å². The Morgan fingerprint density at radius 3 is 2.90 bits per heavy atom. The summed E-state index contributed by atoms with van der Waals surface area (Å²) < 4.78 is 7.58. The van der Waals surface area contributed by atoms with E-state index in [9.17, 15) is 4.79 Å². The Kier molecular flexibility index (Phi) is 4.40. The number of rotatable bonds is 3. The van der Waals surface area contributed by atoms with Crippen LogP contribution in [0.15, 0.2) is 25.2 Å². The molecule has 0 aliphatic carbocycles. The zero-order valence-corrected chi connectivity index (χ0v) is 13.4. The standard InChI is InChI=1S/C16H25N3O2/c1-6-12(2)19-11-17-10-14(19)13-8-7-9-18(13)15(20)21-16(3,4)5/h6,10-13H,1,7-9H2,2-5H3. The molecule has 2 heterocycles. The van der Waals surface area contributed by atoms with Crippen LogP contribution in [0, 0.1) is 0 Å². The number of aromatic nitrogens is 2. The molecule has 0 radical (unpaired) electrons. The van der Waals surface area contributed by atoms with Gasteiger partial charge in [-0.2, -0.15) is 0 Å². The van der Waals surface area contributed by atoms with Gasteiger partial charge in [0.25, 0.3) is 0 Å². The van der Waals surface area contributed by atoms with Crippen LogP contribution in [0.5, 0.6) is 0 Å². The molecule has 1 aromatic heterocycles. The molecule has 0 bridgehead atoms. The maximum absolute atomic E-state index is 12.4. The number of carbonyl (C=O) groups excluding carboxylic acids is 1. The molecule has 5 nitrogen and oxygen atoms in total. The molecule has 1 fully saturated rings. The normalized spacial score (nSPS) is 20.4. The van der Waals surface area contributed by atoms with E-state index < -0.39 is 5.60 Å². The summed E-state index contributed by atoms with van der Waals surface area (Å²) in [5, 5.41) is 0. The molecule has 1 aliphatic heterocycles. The lowest BCUT2D eigenvalue weighted by atomic mass is 10.1. The van der Waals surface area contributed by atoms with Crippen molar-refractivity contribution in [2.45, 2.75) is 58.2 Å². The first-order chi connectivity index (χ1) is 9.83. The molecular formula is C16H25N3O2. The van der Waals surface area contributed by atoms with E-state index in [1.165, 1.54) is 0 Å². The highest BCUT2D eigenvalue weighted by atomic mass is 16.6. The third-order valence-corrected chi connectivity index (χ3v) is 3.70. The van der Waals surface area contributed by atoms with Crippen molar-refractivity contribution in [3.63, 3.8) is 0 Å². The number of imidazole rings is 1. The Hall–Kier alpha value is -1.78. The first-order valence-electron chi connectivity index (χ1n) is 7.47. The van der Waals surface area contributed by atoms with Crippen LogP contribution in [0.1, 0.15) is 58.3 Å². The molecule has 0 saturated carbocycles. The lowest BCUT2D eigenvalue weighted by Gasteiger charge is -2.29. The monoisotopic (exact) mass is 291 g/mol. The van der Waals surface area contributed by atoms with Gasteiger partial charge in [0.1, 0.15) is 5.60 Å². The third kappa shape index (κ3) is 3.46. The van der Waals surface area contributed by atoms with Gasteiger partial charge in [-0.05, 0) is 40.5 Å². The average molecular weight is 291 g/mol. The summed E-state index contributed by atoms with van der Waals surface area (Å²) in [5.41, 5.74) is 0.574. The van der Waals surface area contributed by atoms with Crippen molar-refractivity contribution < 1.29 is 9.53 Å². The van der Waals surface area contributed by atoms with E-state index in [0.717, 1.165) is 25.1 Å². The van der Waals surface area contributed by atoms with Gasteiger partial charge in [-0.25, -0.2) is 9.78 Å². The number of amides is 1. The maximum atomic E-state index is 12.4. The summed E-state index contributed by atoms with van der Waals surface area (Å²) in [7, 11) is 0. The quantitative estimate of drug-likeness (QED) is 0.798. The molecule has 21 heavy (non-hydrogen) atoms. The van der Waals surface area contributed by atoms with E-state index >= 15 is 0 Å². The molecule has 2 atom stereocenters. The lowest BCUT2D eigenvalue weighted by Crippen LogP contribution is -2.37. The van der Waals surface area contributed by atoms with Crippen LogP contribution in [0.2, 0.25) is 0 Å². The fourth-order valence-corrected chi connectivity index (χ4v) is 2.64. The van der Waals surface area contributed by atoms with E-state index in [-0.39, 0.29) is 18.2 Å². The Labute approximate surface area is 126 Å². The second-order valence-corrected chi connectivity index (χ2v) is 6.53. The second kappa shape index (κ2) is 5.92. The summed E-state index contributed by atoms with van der Waals surface area (Å²) in [5.74, 6) is 0. The van der Waals surface area contributed by atoms with Crippen LogP contribution in [-0.2, 0) is 4.74 Å². The zero-order valence-electron chi connectivity index (χ0n) is 13.4. The SMILES string of the molecule is C=CC(C)n1cncc1C1CCCN1C(=O)OC(C)(C)C. The molecule has 1 amide bonds. The summed E-state index contributed by atoms with van der Waals surface area (Å²) in [6, 6.07) is 0.188. The van der Waals surface area contributed by atoms with Gasteiger partial charge < -0.3 is 9.30 Å². The Morgan fingerprint density at radius 2 is 2.29 bits per heavy atom. The molecule has 2 unspecified atom stereocenters. The lowest BCUT2D eigenvalue weighted by molar-refractivity contribution is 0.0218. The van der Waals surface area contributed by atoms with E-state index in [4.69, 9.17) is 4.74 Å². The van der Waals surface area contributed by atoms with Crippen LogP contribution >= 0.6 is 0 Å². The molecule has 0 N–H and O–H groups in total. The smallest absolute Gasteiger partial charge is 0.410 e. The highest BCUT2D eigenvalue weighted by molar-refractivity contribution is 5.69. The van der Waals surface area contributed by atoms with Crippen LogP contribution in [0.3, 0.4) is 0 Å². The first kappa shape index (κ1) is 15.6. The average Bonchev–Trinajstić information content (AvgIpc) is 3.03. The molecule has 5 heteroatoms. The van der Waals surface area contributed by atoms with Gasteiger partial charge in [0.15, 0.2) is 0 Å². The Balaban J connectivity index is 2.21. The maximum Gasteiger partial charge on any atom is 0.410 e. The summed E-state index contributed by atoms with van der Waals surface area (Å²) in [6.45, 7) is 12.3. The van der Waals surface area contributed by atoms with Gasteiger partial charge >= 0.3 is 6.09 Å². The fraction of sp³-hybridized carbons (Fsp3) is 0.625. The second-order valence-electron chi connectivity index (χ2n) is 6.53. The molecule has 1 aliphatic rings. The number of hydrogen-bond donors (Lipinski definition) is 0. The molecule has 2 rings (SSSR count). The minimum atomic E-state index is -0.473. The van der Waals surface area contributed by atoms with Gasteiger partial charge in [0.2, 0.25) is 0 Å². The first-order valence-corrected chi connectivity index (χ1v) is 7.47. The van der Waals surface area contributed by atoms with Crippen molar-refractivity contribution in [2.24, 2.45) is 0 Å². The number of ether oxygens (including phenoxy) is 1. The predicted octanol–water partition coefficient (Wildman–Crippen LogP) is 3.70. The molecular weight excluding hydrogens is 266 g/mol. The van der Waals surface area contributed by atoms with Gasteiger partial charge in [0.05, 0.1) is 24.3 Å². The third-order valence-electron chi connectivity index (χ3n) is 3.70. The highest BCUT2D eigenvalue weighted by Crippen LogP contribution is 2.34. The van der Waals surface area contributed by atoms with E-state index in [1.54, 1.807) is 6.33 Å². The number of likely N-dealkylation sites (tertiary alicyclic amines) is 1. The topological polar surface area (TPSA) is 47.4 Å². The number of nitrogens with zero attached hydrogens (tertiary/aromatic N) is 3. The van der Waals surface area contributed by atoms with Gasteiger partial charge in [0, 0.05) is 12.6 Å². The summed E-state index contributed by atoms with van der Waals surface area (Å²) in [4.78, 5) is 18.4. The molecule has 1 aromatic rings. The van der Waals surface area contributed by atoms with Crippen molar-refractivity contribution in [3.05, 3.63) is 30.9 Å². The zero-order chi connectivity index (χ0) is 15.6. The number of allylic oxidation sites excluding steroid dienone is 1. The van der Waals surface area contributed by atoms with Crippen molar-refractivity contribution in [1.82, 2.24) is 14.5 Å². The minimum Gasteiger partial charge on any atom is -0.444 e. The fourth-order valence-electron chi connectivity index (χ4n) is 2.64. The highest BCUT2D eigenvalue weighted by Gasteiger charge is 2.35. The van der Waals surface area contributed by atoms with E-state index in [0.29, 0.717) is 0 Å². The van der Waals surface area contributed by atoms with Crippen LogP contribution < -0.4 is 0 Å². The molecule has 1 saturated heterocycles. The molecule has 0 spiro atoms. The van der Waals surface area contributed by atoms with Crippen molar-refractivity contribution in [1.29, 1.82) is 0 Å². The van der Waals surface area contributed by atoms with Crippen molar-refractivity contribution in [2.75, 3.05) is 6.54 Å². The van der Waals surface area contributed by atoms with Crippen molar-refractivity contribution in [3.8, 4) is 0 Å². The Bertz CT molecular complexity index is 516. The molecule has 0 aromatic carbocycles. The molecule has 116 valence electrons.